The number of fused-ring (bicyclic) bond motifs is 1. The normalized spacial score (nSPS) is 20.3. The molecule has 2 unspecified atom stereocenters. The van der Waals surface area contributed by atoms with Crippen LogP contribution in [0.1, 0.15) is 117 Å². The number of aliphatic hydroxyl groups is 1. The molecule has 6 aromatic carbocycles. The molecule has 0 aromatic heterocycles. The molecule has 2 aliphatic heterocycles. The lowest BCUT2D eigenvalue weighted by Crippen LogP contribution is -2.66. The van der Waals surface area contributed by atoms with Crippen molar-refractivity contribution in [3.63, 3.8) is 0 Å². The van der Waals surface area contributed by atoms with Gasteiger partial charge >= 0.3 is 5.97 Å². The van der Waals surface area contributed by atoms with Crippen molar-refractivity contribution in [1.82, 2.24) is 0 Å². The molecule has 0 aliphatic carbocycles. The van der Waals surface area contributed by atoms with Crippen molar-refractivity contribution in [2.24, 2.45) is 11.8 Å². The quantitative estimate of drug-likeness (QED) is 0.0433. The summed E-state index contributed by atoms with van der Waals surface area (Å²) in [6.07, 6.45) is 4.66. The van der Waals surface area contributed by atoms with E-state index in [0.29, 0.717) is 37.6 Å². The topological polar surface area (TPSA) is 92.7 Å². The summed E-state index contributed by atoms with van der Waals surface area (Å²) in [6, 6.07) is 52.9. The Morgan fingerprint density at radius 3 is 1.81 bits per heavy atom. The van der Waals surface area contributed by atoms with E-state index < -0.39 is 26.2 Å². The van der Waals surface area contributed by atoms with E-state index in [1.54, 1.807) is 0 Å². The number of esters is 1. The maximum Gasteiger partial charge on any atom is 0.346 e. The molecule has 362 valence electrons. The molecule has 2 aliphatic rings. The molecule has 6 aromatic rings. The van der Waals surface area contributed by atoms with Crippen molar-refractivity contribution in [2.45, 2.75) is 122 Å². The molecule has 8 rings (SSSR count). The van der Waals surface area contributed by atoms with Crippen molar-refractivity contribution in [1.29, 1.82) is 0 Å². The Morgan fingerprint density at radius 1 is 0.725 bits per heavy atom. The number of carbonyl (C=O) groups is 1. The summed E-state index contributed by atoms with van der Waals surface area (Å²) in [4.78, 5) is 14.7. The molecule has 8 nitrogen and oxygen atoms in total. The van der Waals surface area contributed by atoms with E-state index in [1.165, 1.54) is 10.4 Å². The lowest BCUT2D eigenvalue weighted by molar-refractivity contribution is -0.219. The largest absolute Gasteiger partial charge is 0.488 e. The molecule has 0 amide bonds. The second-order valence-corrected chi connectivity index (χ2v) is 24.2. The zero-order chi connectivity index (χ0) is 48.3. The van der Waals surface area contributed by atoms with Crippen LogP contribution in [0.2, 0.25) is 5.04 Å². The van der Waals surface area contributed by atoms with Crippen molar-refractivity contribution >= 4 is 24.7 Å². The van der Waals surface area contributed by atoms with E-state index in [4.69, 9.17) is 28.1 Å². The predicted molar refractivity (Wildman–Crippen MR) is 275 cm³/mol. The molecule has 1 fully saturated rings. The summed E-state index contributed by atoms with van der Waals surface area (Å²) in [5.41, 5.74) is 4.64. The van der Waals surface area contributed by atoms with Crippen molar-refractivity contribution in [3.8, 4) is 11.5 Å². The number of hydrogen-bond acceptors (Lipinski definition) is 8. The molecular weight excluding hydrogens is 877 g/mol. The molecule has 0 radical (unpaired) electrons. The molecule has 0 spiro atoms. The lowest BCUT2D eigenvalue weighted by Gasteiger charge is -2.43. The molecule has 1 N–H and O–H groups in total. The highest BCUT2D eigenvalue weighted by Crippen LogP contribution is 2.50. The predicted octanol–water partition coefficient (Wildman–Crippen LogP) is 12.1. The first kappa shape index (κ1) is 49.9. The first-order valence-electron chi connectivity index (χ1n) is 25.0. The van der Waals surface area contributed by atoms with Crippen LogP contribution >= 0.6 is 0 Å². The van der Waals surface area contributed by atoms with Crippen LogP contribution < -0.4 is 19.8 Å². The van der Waals surface area contributed by atoms with Crippen LogP contribution in [0.5, 0.6) is 11.5 Å². The van der Waals surface area contributed by atoms with Gasteiger partial charge in [0.05, 0.1) is 18.8 Å². The lowest BCUT2D eigenvalue weighted by atomic mass is 9.81. The number of carbonyl (C=O) groups excluding carboxylic acids is 1. The Labute approximate surface area is 411 Å². The van der Waals surface area contributed by atoms with Crippen LogP contribution in [0.4, 0.5) is 0 Å². The average molecular weight is 947 g/mol. The van der Waals surface area contributed by atoms with Gasteiger partial charge in [0.15, 0.2) is 5.79 Å². The standard InChI is InChI=1S/C60H70O8Si/c1-6-7-13-30-50-37-49-38-53(63-40-45-24-14-8-15-25-45)56(58(61)65-42-47-28-18-10-19-29-47)57(64-41-46-26-16-9-17-27-46)55(49)54(68-50)39-60(62)44(2)48(43-66-60)35-36-67-69(59(3,4)5,51-31-20-11-21-32-51)52-33-22-12-23-34-52/h8-12,14-29,31-34,38,44,48,50,54,62H,6-7,13,30,35-37,39-43H2,1-5H3/t44-,48+,50+,54?,60?/m0/s1. The van der Waals surface area contributed by atoms with Gasteiger partial charge in [-0.15, -0.1) is 0 Å². The minimum absolute atomic E-state index is 0.0164. The summed E-state index contributed by atoms with van der Waals surface area (Å²) in [7, 11) is -2.77. The highest BCUT2D eigenvalue weighted by Gasteiger charge is 2.52. The van der Waals surface area contributed by atoms with Crippen LogP contribution in [0.15, 0.2) is 158 Å². The van der Waals surface area contributed by atoms with Gasteiger partial charge in [-0.2, -0.15) is 0 Å². The monoisotopic (exact) mass is 946 g/mol. The minimum Gasteiger partial charge on any atom is -0.488 e. The van der Waals surface area contributed by atoms with E-state index in [0.717, 1.165) is 53.5 Å². The zero-order valence-corrected chi connectivity index (χ0v) is 42.1. The second kappa shape index (κ2) is 22.9. The number of unbranched alkanes of at least 4 members (excludes halogenated alkanes) is 2. The fourth-order valence-corrected chi connectivity index (χ4v) is 14.9. The molecule has 69 heavy (non-hydrogen) atoms. The van der Waals surface area contributed by atoms with Crippen molar-refractivity contribution in [2.75, 3.05) is 13.2 Å². The van der Waals surface area contributed by atoms with Crippen molar-refractivity contribution in [3.05, 3.63) is 191 Å². The van der Waals surface area contributed by atoms with Crippen LogP contribution in [-0.2, 0) is 44.9 Å². The summed E-state index contributed by atoms with van der Waals surface area (Å²) >= 11 is 0. The van der Waals surface area contributed by atoms with Gasteiger partial charge in [0, 0.05) is 24.5 Å². The van der Waals surface area contributed by atoms with E-state index in [-0.39, 0.29) is 54.8 Å². The smallest absolute Gasteiger partial charge is 0.346 e. The van der Waals surface area contributed by atoms with Crippen LogP contribution in [-0.4, -0.2) is 44.5 Å². The Balaban J connectivity index is 1.13. The van der Waals surface area contributed by atoms with Crippen LogP contribution in [0, 0.1) is 11.8 Å². The van der Waals surface area contributed by atoms with Gasteiger partial charge < -0.3 is 33.2 Å². The molecule has 0 bridgehead atoms. The third kappa shape index (κ3) is 11.7. The Kier molecular flexibility index (Phi) is 16.6. The Bertz CT molecular complexity index is 2490. The van der Waals surface area contributed by atoms with E-state index in [9.17, 15) is 9.90 Å². The maximum atomic E-state index is 14.7. The molecule has 1 saturated heterocycles. The maximum absolute atomic E-state index is 14.7. The van der Waals surface area contributed by atoms with Gasteiger partial charge in [0.25, 0.3) is 8.32 Å². The van der Waals surface area contributed by atoms with Gasteiger partial charge in [0.1, 0.15) is 36.9 Å². The third-order valence-electron chi connectivity index (χ3n) is 14.2. The average Bonchev–Trinajstić information content (AvgIpc) is 3.64. The molecular formula is C60H70O8Si. The van der Waals surface area contributed by atoms with Gasteiger partial charge in [0.2, 0.25) is 0 Å². The van der Waals surface area contributed by atoms with Crippen LogP contribution in [0.25, 0.3) is 0 Å². The highest BCUT2D eigenvalue weighted by atomic mass is 28.4. The summed E-state index contributed by atoms with van der Waals surface area (Å²) in [6.45, 7) is 12.6. The summed E-state index contributed by atoms with van der Waals surface area (Å²) in [5, 5.41) is 15.1. The van der Waals surface area contributed by atoms with E-state index in [2.05, 4.69) is 95.3 Å². The number of rotatable bonds is 21. The molecule has 2 heterocycles. The number of ether oxygens (including phenoxy) is 5. The Morgan fingerprint density at radius 2 is 1.26 bits per heavy atom. The first-order chi connectivity index (χ1) is 33.5. The van der Waals surface area contributed by atoms with E-state index >= 15 is 0 Å². The fraction of sp³-hybridized carbons (Fsp3) is 0.383. The molecule has 0 saturated carbocycles. The molecule has 5 atom stereocenters. The van der Waals surface area contributed by atoms with Gasteiger partial charge in [-0.25, -0.2) is 4.79 Å². The highest BCUT2D eigenvalue weighted by molar-refractivity contribution is 6.99. The Hall–Kier alpha value is -5.55. The minimum atomic E-state index is -2.77. The number of hydrogen-bond donors (Lipinski definition) is 1. The molecule has 9 heteroatoms. The van der Waals surface area contributed by atoms with Gasteiger partial charge in [-0.1, -0.05) is 206 Å². The first-order valence-corrected chi connectivity index (χ1v) is 26.9. The SMILES string of the molecule is CCCCC[C@@H]1Cc2cc(OCc3ccccc3)c(C(=O)OCc3ccccc3)c(OCc3ccccc3)c2C(CC2(O)OC[C@@H](CCO[Si](c3ccccc3)(c3ccccc3)C(C)(C)C)[C@@H]2C)O1. The van der Waals surface area contributed by atoms with Gasteiger partial charge in [-0.05, 0) is 68.9 Å². The van der Waals surface area contributed by atoms with Gasteiger partial charge in [-0.3, -0.25) is 0 Å². The third-order valence-corrected chi connectivity index (χ3v) is 19.2. The van der Waals surface area contributed by atoms with E-state index in [1.807, 2.05) is 97.1 Å². The number of benzene rings is 6. The summed E-state index contributed by atoms with van der Waals surface area (Å²) < 4.78 is 40.7. The second-order valence-electron chi connectivity index (χ2n) is 19.9. The van der Waals surface area contributed by atoms with Crippen LogP contribution in [0.3, 0.4) is 0 Å². The van der Waals surface area contributed by atoms with Crippen molar-refractivity contribution < 1.29 is 38.0 Å². The summed E-state index contributed by atoms with van der Waals surface area (Å²) in [5.74, 6) is -1.62. The zero-order valence-electron chi connectivity index (χ0n) is 41.1. The fourth-order valence-electron chi connectivity index (χ4n) is 10.3.